The van der Waals surface area contributed by atoms with Crippen molar-refractivity contribution < 1.29 is 20.1 Å². The quantitative estimate of drug-likeness (QED) is 0.253. The molecule has 0 saturated heterocycles. The lowest BCUT2D eigenvalue weighted by Crippen LogP contribution is -2.22. The molecule has 0 amide bonds. The van der Waals surface area contributed by atoms with Gasteiger partial charge in [0, 0.05) is 6.42 Å². The van der Waals surface area contributed by atoms with E-state index in [9.17, 15) is 15.0 Å². The summed E-state index contributed by atoms with van der Waals surface area (Å²) in [6.07, 6.45) is 19.5. The zero-order valence-electron chi connectivity index (χ0n) is 14.7. The summed E-state index contributed by atoms with van der Waals surface area (Å²) in [6, 6.07) is 0. The number of hydrogen-bond donors (Lipinski definition) is 3. The van der Waals surface area contributed by atoms with Crippen molar-refractivity contribution in [2.75, 3.05) is 0 Å². The summed E-state index contributed by atoms with van der Waals surface area (Å²) < 4.78 is 0. The molecule has 2 unspecified atom stereocenters. The highest BCUT2D eigenvalue weighted by Gasteiger charge is 2.10. The van der Waals surface area contributed by atoms with Crippen LogP contribution < -0.4 is 0 Å². The van der Waals surface area contributed by atoms with E-state index in [4.69, 9.17) is 5.11 Å². The fraction of sp³-hybridized carbons (Fsp3) is 0.550. The molecule has 0 aromatic carbocycles. The van der Waals surface area contributed by atoms with Gasteiger partial charge in [-0.05, 0) is 32.1 Å². The van der Waals surface area contributed by atoms with Gasteiger partial charge in [-0.1, -0.05) is 68.4 Å². The molecule has 0 radical (unpaired) electrons. The lowest BCUT2D eigenvalue weighted by molar-refractivity contribution is -0.137. The van der Waals surface area contributed by atoms with Gasteiger partial charge in [-0.2, -0.15) is 0 Å². The number of carboxylic acids is 1. The van der Waals surface area contributed by atoms with Gasteiger partial charge in [0.1, 0.15) is 0 Å². The molecular weight excluding hydrogens is 304 g/mol. The Morgan fingerprint density at radius 3 is 2.33 bits per heavy atom. The molecule has 0 aliphatic heterocycles. The number of carbonyl (C=O) groups is 1. The maximum absolute atomic E-state index is 10.3. The average molecular weight is 336 g/mol. The SMILES string of the molecule is CCCCC/C=C/CC(O)C(O)/C=C/C=C/C=C/CCCC(=O)O. The normalized spacial score (nSPS) is 15.1. The minimum atomic E-state index is -0.880. The Morgan fingerprint density at radius 1 is 0.917 bits per heavy atom. The van der Waals surface area contributed by atoms with Gasteiger partial charge in [0.25, 0.3) is 0 Å². The minimum absolute atomic E-state index is 0.186. The van der Waals surface area contributed by atoms with Gasteiger partial charge in [0.15, 0.2) is 0 Å². The molecule has 4 heteroatoms. The van der Waals surface area contributed by atoms with Crippen LogP contribution in [0.3, 0.4) is 0 Å². The molecule has 0 bridgehead atoms. The Bertz CT molecular complexity index is 421. The van der Waals surface area contributed by atoms with Crippen molar-refractivity contribution >= 4 is 5.97 Å². The second kappa shape index (κ2) is 16.2. The number of aliphatic carboxylic acids is 1. The van der Waals surface area contributed by atoms with Gasteiger partial charge in [0.05, 0.1) is 12.2 Å². The van der Waals surface area contributed by atoms with Crippen LogP contribution in [0.15, 0.2) is 48.6 Å². The molecule has 0 spiro atoms. The molecule has 0 aromatic rings. The third kappa shape index (κ3) is 15.3. The molecule has 2 atom stereocenters. The highest BCUT2D eigenvalue weighted by Crippen LogP contribution is 2.05. The topological polar surface area (TPSA) is 77.8 Å². The predicted molar refractivity (Wildman–Crippen MR) is 98.8 cm³/mol. The van der Waals surface area contributed by atoms with E-state index in [1.54, 1.807) is 18.2 Å². The fourth-order valence-electron chi connectivity index (χ4n) is 1.99. The van der Waals surface area contributed by atoms with Crippen LogP contribution in [0.2, 0.25) is 0 Å². The number of rotatable bonds is 14. The maximum Gasteiger partial charge on any atom is 0.303 e. The van der Waals surface area contributed by atoms with Crippen LogP contribution in [0.4, 0.5) is 0 Å². The molecular formula is C20H32O4. The number of unbranched alkanes of at least 4 members (excludes halogenated alkanes) is 4. The molecule has 0 aliphatic carbocycles. The van der Waals surface area contributed by atoms with E-state index < -0.39 is 18.2 Å². The lowest BCUT2D eigenvalue weighted by atomic mass is 10.1. The minimum Gasteiger partial charge on any atom is -0.481 e. The smallest absolute Gasteiger partial charge is 0.303 e. The van der Waals surface area contributed by atoms with E-state index in [2.05, 4.69) is 13.0 Å². The van der Waals surface area contributed by atoms with Crippen LogP contribution in [0.1, 0.15) is 58.3 Å². The Morgan fingerprint density at radius 2 is 1.62 bits per heavy atom. The fourth-order valence-corrected chi connectivity index (χ4v) is 1.99. The predicted octanol–water partition coefficient (Wildman–Crippen LogP) is 4.16. The van der Waals surface area contributed by atoms with Crippen LogP contribution in [0.5, 0.6) is 0 Å². The van der Waals surface area contributed by atoms with Crippen LogP contribution >= 0.6 is 0 Å². The Kier molecular flexibility index (Phi) is 15.1. The van der Waals surface area contributed by atoms with E-state index in [1.807, 2.05) is 24.3 Å². The van der Waals surface area contributed by atoms with Crippen LogP contribution in [-0.2, 0) is 4.79 Å². The lowest BCUT2D eigenvalue weighted by Gasteiger charge is -2.11. The van der Waals surface area contributed by atoms with Crippen molar-refractivity contribution in [3.63, 3.8) is 0 Å². The van der Waals surface area contributed by atoms with Gasteiger partial charge in [-0.3, -0.25) is 4.79 Å². The Labute approximate surface area is 145 Å². The summed E-state index contributed by atoms with van der Waals surface area (Å²) in [6.45, 7) is 2.17. The van der Waals surface area contributed by atoms with Gasteiger partial charge in [-0.15, -0.1) is 0 Å². The zero-order valence-corrected chi connectivity index (χ0v) is 14.7. The summed E-state index contributed by atoms with van der Waals surface area (Å²) in [5.41, 5.74) is 0. The van der Waals surface area contributed by atoms with Crippen molar-refractivity contribution in [3.8, 4) is 0 Å². The third-order valence-electron chi connectivity index (χ3n) is 3.45. The molecule has 4 nitrogen and oxygen atoms in total. The summed E-state index contributed by atoms with van der Waals surface area (Å²) in [5.74, 6) is -0.773. The first-order valence-electron chi connectivity index (χ1n) is 8.80. The zero-order chi connectivity index (χ0) is 18.0. The first kappa shape index (κ1) is 22.4. The van der Waals surface area contributed by atoms with Crippen LogP contribution in [0.25, 0.3) is 0 Å². The van der Waals surface area contributed by atoms with Crippen molar-refractivity contribution in [3.05, 3.63) is 48.6 Å². The van der Waals surface area contributed by atoms with Crippen molar-refractivity contribution in [1.82, 2.24) is 0 Å². The molecule has 136 valence electrons. The van der Waals surface area contributed by atoms with E-state index in [1.165, 1.54) is 19.3 Å². The molecule has 0 aromatic heterocycles. The van der Waals surface area contributed by atoms with Crippen LogP contribution in [0, 0.1) is 0 Å². The number of allylic oxidation sites excluding steroid dienone is 6. The van der Waals surface area contributed by atoms with E-state index in [0.717, 1.165) is 12.8 Å². The van der Waals surface area contributed by atoms with Crippen LogP contribution in [-0.4, -0.2) is 33.5 Å². The van der Waals surface area contributed by atoms with Gasteiger partial charge in [-0.25, -0.2) is 0 Å². The van der Waals surface area contributed by atoms with Crippen molar-refractivity contribution in [2.45, 2.75) is 70.5 Å². The summed E-state index contributed by atoms with van der Waals surface area (Å²) in [5, 5.41) is 28.1. The van der Waals surface area contributed by atoms with E-state index in [-0.39, 0.29) is 6.42 Å². The van der Waals surface area contributed by atoms with Gasteiger partial charge >= 0.3 is 5.97 Å². The van der Waals surface area contributed by atoms with E-state index in [0.29, 0.717) is 12.8 Å². The summed E-state index contributed by atoms with van der Waals surface area (Å²) in [4.78, 5) is 10.3. The van der Waals surface area contributed by atoms with Crippen molar-refractivity contribution in [2.24, 2.45) is 0 Å². The maximum atomic E-state index is 10.3. The Balaban J connectivity index is 3.85. The first-order chi connectivity index (χ1) is 11.6. The number of aliphatic hydroxyl groups excluding tert-OH is 2. The first-order valence-corrected chi connectivity index (χ1v) is 8.80. The van der Waals surface area contributed by atoms with Crippen molar-refractivity contribution in [1.29, 1.82) is 0 Å². The number of hydrogen-bond acceptors (Lipinski definition) is 3. The highest BCUT2D eigenvalue weighted by atomic mass is 16.4. The molecule has 3 N–H and O–H groups in total. The van der Waals surface area contributed by atoms with Gasteiger partial charge < -0.3 is 15.3 Å². The largest absolute Gasteiger partial charge is 0.481 e. The molecule has 24 heavy (non-hydrogen) atoms. The summed E-state index contributed by atoms with van der Waals surface area (Å²) in [7, 11) is 0. The Hall–Kier alpha value is -1.65. The third-order valence-corrected chi connectivity index (χ3v) is 3.45. The van der Waals surface area contributed by atoms with E-state index >= 15 is 0 Å². The molecule has 0 saturated carbocycles. The molecule has 0 fully saturated rings. The molecule has 0 heterocycles. The monoisotopic (exact) mass is 336 g/mol. The second-order valence-corrected chi connectivity index (χ2v) is 5.74. The van der Waals surface area contributed by atoms with Gasteiger partial charge in [0.2, 0.25) is 0 Å². The number of aliphatic hydroxyl groups is 2. The highest BCUT2D eigenvalue weighted by molar-refractivity contribution is 5.66. The molecule has 0 aliphatic rings. The molecule has 0 rings (SSSR count). The second-order valence-electron chi connectivity index (χ2n) is 5.74. The number of carboxylic acid groups (broad SMARTS) is 1. The average Bonchev–Trinajstić information content (AvgIpc) is 2.55. The summed E-state index contributed by atoms with van der Waals surface area (Å²) >= 11 is 0. The standard InChI is InChI=1S/C20H32O4/c1-2-3-4-5-9-12-15-18(21)19(22)16-13-10-7-6-8-11-14-17-20(23)24/h6-10,12-13,16,18-19,21-22H,2-5,11,14-15,17H2,1H3,(H,23,24)/b8-6+,10-7+,12-9+,16-13+.